The second-order valence-corrected chi connectivity index (χ2v) is 4.78. The molecule has 0 amide bonds. The molecule has 3 rings (SSSR count). The second-order valence-electron chi connectivity index (χ2n) is 3.87. The predicted molar refractivity (Wildman–Crippen MR) is 73.0 cm³/mol. The van der Waals surface area contributed by atoms with Crippen LogP contribution in [0.1, 0.15) is 10.4 Å². The number of ether oxygens (including phenoxy) is 1. The van der Waals surface area contributed by atoms with Gasteiger partial charge >= 0.3 is 5.97 Å². The lowest BCUT2D eigenvalue weighted by molar-refractivity contribution is 0.0736. The quantitative estimate of drug-likeness (QED) is 0.583. The van der Waals surface area contributed by atoms with Gasteiger partial charge in [-0.25, -0.2) is 4.79 Å². The van der Waals surface area contributed by atoms with Crippen molar-refractivity contribution in [1.29, 1.82) is 0 Å². The number of pyridine rings is 1. The number of H-pyrrole nitrogens is 1. The molecule has 0 aliphatic carbocycles. The number of benzene rings is 1. The zero-order valence-corrected chi connectivity index (χ0v) is 11.2. The number of carbonyl (C=O) groups excluding carboxylic acids is 1. The SMILES string of the molecule is O=C(Oc1cccc(Br)c1)c1cncc2[nH]ncc12. The summed E-state index contributed by atoms with van der Waals surface area (Å²) in [5.41, 5.74) is 1.08. The van der Waals surface area contributed by atoms with E-state index in [-0.39, 0.29) is 0 Å². The fourth-order valence-corrected chi connectivity index (χ4v) is 2.10. The average Bonchev–Trinajstić information content (AvgIpc) is 2.86. The molecule has 1 aromatic carbocycles. The van der Waals surface area contributed by atoms with Crippen LogP contribution >= 0.6 is 15.9 Å². The normalized spacial score (nSPS) is 10.6. The number of aromatic amines is 1. The number of esters is 1. The minimum Gasteiger partial charge on any atom is -0.423 e. The van der Waals surface area contributed by atoms with E-state index in [0.717, 1.165) is 4.47 Å². The van der Waals surface area contributed by atoms with Crippen LogP contribution in [0.5, 0.6) is 5.75 Å². The first-order valence-electron chi connectivity index (χ1n) is 5.49. The summed E-state index contributed by atoms with van der Waals surface area (Å²) in [4.78, 5) is 16.1. The summed E-state index contributed by atoms with van der Waals surface area (Å²) in [7, 11) is 0. The van der Waals surface area contributed by atoms with Crippen LogP contribution < -0.4 is 4.74 Å². The van der Waals surface area contributed by atoms with Crippen LogP contribution in [-0.4, -0.2) is 21.2 Å². The van der Waals surface area contributed by atoms with E-state index in [9.17, 15) is 4.79 Å². The third-order valence-corrected chi connectivity index (χ3v) is 3.09. The first kappa shape index (κ1) is 11.9. The number of hydrogen-bond acceptors (Lipinski definition) is 4. The molecule has 0 fully saturated rings. The summed E-state index contributed by atoms with van der Waals surface area (Å²) in [5, 5.41) is 7.34. The van der Waals surface area contributed by atoms with Crippen LogP contribution in [0, 0.1) is 0 Å². The van der Waals surface area contributed by atoms with E-state index < -0.39 is 5.97 Å². The predicted octanol–water partition coefficient (Wildman–Crippen LogP) is 2.94. The molecule has 94 valence electrons. The maximum Gasteiger partial charge on any atom is 0.345 e. The highest BCUT2D eigenvalue weighted by atomic mass is 79.9. The molecule has 0 bridgehead atoms. The number of nitrogens with one attached hydrogen (secondary N) is 1. The molecule has 1 N–H and O–H groups in total. The van der Waals surface area contributed by atoms with Gasteiger partial charge in [0.15, 0.2) is 0 Å². The van der Waals surface area contributed by atoms with Gasteiger partial charge < -0.3 is 4.74 Å². The van der Waals surface area contributed by atoms with Crippen molar-refractivity contribution in [3.05, 3.63) is 52.9 Å². The lowest BCUT2D eigenvalue weighted by Crippen LogP contribution is -2.09. The molecule has 0 aliphatic rings. The van der Waals surface area contributed by atoms with Gasteiger partial charge in [0.1, 0.15) is 5.75 Å². The Morgan fingerprint density at radius 3 is 3.00 bits per heavy atom. The average molecular weight is 318 g/mol. The highest BCUT2D eigenvalue weighted by molar-refractivity contribution is 9.10. The molecule has 6 heteroatoms. The minimum absolute atomic E-state index is 0.381. The van der Waals surface area contributed by atoms with Crippen LogP contribution in [0.2, 0.25) is 0 Å². The van der Waals surface area contributed by atoms with Gasteiger partial charge in [0, 0.05) is 16.1 Å². The molecule has 2 aromatic heterocycles. The summed E-state index contributed by atoms with van der Waals surface area (Å²) in [6.45, 7) is 0. The van der Waals surface area contributed by atoms with Crippen molar-refractivity contribution in [3.8, 4) is 5.75 Å². The van der Waals surface area contributed by atoms with Crippen LogP contribution in [0.3, 0.4) is 0 Å². The third-order valence-electron chi connectivity index (χ3n) is 2.59. The number of carbonyl (C=O) groups is 1. The zero-order valence-electron chi connectivity index (χ0n) is 9.63. The Balaban J connectivity index is 1.94. The molecule has 0 unspecified atom stereocenters. The molecule has 0 saturated carbocycles. The fourth-order valence-electron chi connectivity index (χ4n) is 1.72. The Labute approximate surface area is 116 Å². The first-order chi connectivity index (χ1) is 9.24. The van der Waals surface area contributed by atoms with Gasteiger partial charge in [-0.15, -0.1) is 0 Å². The smallest absolute Gasteiger partial charge is 0.345 e. The van der Waals surface area contributed by atoms with Crippen molar-refractivity contribution in [2.45, 2.75) is 0 Å². The first-order valence-corrected chi connectivity index (χ1v) is 6.28. The van der Waals surface area contributed by atoms with Crippen molar-refractivity contribution >= 4 is 32.8 Å². The summed E-state index contributed by atoms with van der Waals surface area (Å²) in [6.07, 6.45) is 4.66. The van der Waals surface area contributed by atoms with Gasteiger partial charge in [-0.2, -0.15) is 5.10 Å². The highest BCUT2D eigenvalue weighted by Crippen LogP contribution is 2.21. The Morgan fingerprint density at radius 1 is 1.26 bits per heavy atom. The van der Waals surface area contributed by atoms with Crippen molar-refractivity contribution in [3.63, 3.8) is 0 Å². The van der Waals surface area contributed by atoms with Gasteiger partial charge in [-0.1, -0.05) is 22.0 Å². The van der Waals surface area contributed by atoms with E-state index in [1.54, 1.807) is 30.6 Å². The largest absolute Gasteiger partial charge is 0.423 e. The Bertz CT molecular complexity index is 754. The standard InChI is InChI=1S/C13H8BrN3O2/c14-8-2-1-3-9(4-8)19-13(18)11-5-15-7-12-10(11)6-16-17-12/h1-7H,(H,16,17). The molecule has 3 aromatic rings. The molecule has 0 aliphatic heterocycles. The molecule has 2 heterocycles. The number of nitrogens with zero attached hydrogens (tertiary/aromatic N) is 2. The van der Waals surface area contributed by atoms with Crippen molar-refractivity contribution in [2.75, 3.05) is 0 Å². The van der Waals surface area contributed by atoms with Gasteiger partial charge in [-0.3, -0.25) is 10.1 Å². The molecule has 0 radical (unpaired) electrons. The molecule has 19 heavy (non-hydrogen) atoms. The zero-order chi connectivity index (χ0) is 13.2. The van der Waals surface area contributed by atoms with Crippen molar-refractivity contribution in [1.82, 2.24) is 15.2 Å². The molecule has 5 nitrogen and oxygen atoms in total. The van der Waals surface area contributed by atoms with E-state index >= 15 is 0 Å². The summed E-state index contributed by atoms with van der Waals surface area (Å²) < 4.78 is 6.15. The lowest BCUT2D eigenvalue weighted by atomic mass is 10.2. The molecule has 0 atom stereocenters. The van der Waals surface area contributed by atoms with E-state index in [2.05, 4.69) is 31.1 Å². The minimum atomic E-state index is -0.461. The molecule has 0 spiro atoms. The number of aromatic nitrogens is 3. The van der Waals surface area contributed by atoms with Crippen LogP contribution in [-0.2, 0) is 0 Å². The maximum atomic E-state index is 12.1. The Hall–Kier alpha value is -2.21. The summed E-state index contributed by atoms with van der Waals surface area (Å²) >= 11 is 3.32. The van der Waals surface area contributed by atoms with Gasteiger partial charge in [-0.05, 0) is 18.2 Å². The van der Waals surface area contributed by atoms with Crippen molar-refractivity contribution < 1.29 is 9.53 Å². The second kappa shape index (κ2) is 4.81. The van der Waals surface area contributed by atoms with Gasteiger partial charge in [0.25, 0.3) is 0 Å². The van der Waals surface area contributed by atoms with E-state index in [4.69, 9.17) is 4.74 Å². The van der Waals surface area contributed by atoms with Crippen LogP contribution in [0.4, 0.5) is 0 Å². The number of rotatable bonds is 2. The van der Waals surface area contributed by atoms with Crippen LogP contribution in [0.25, 0.3) is 10.9 Å². The van der Waals surface area contributed by atoms with Crippen LogP contribution in [0.15, 0.2) is 47.3 Å². The lowest BCUT2D eigenvalue weighted by Gasteiger charge is -2.05. The molecular formula is C13H8BrN3O2. The topological polar surface area (TPSA) is 67.9 Å². The van der Waals surface area contributed by atoms with E-state index in [1.165, 1.54) is 6.20 Å². The number of halogens is 1. The molecular weight excluding hydrogens is 310 g/mol. The monoisotopic (exact) mass is 317 g/mol. The van der Waals surface area contributed by atoms with Gasteiger partial charge in [0.05, 0.1) is 23.5 Å². The van der Waals surface area contributed by atoms with Gasteiger partial charge in [0.2, 0.25) is 0 Å². The van der Waals surface area contributed by atoms with Crippen molar-refractivity contribution in [2.24, 2.45) is 0 Å². The van der Waals surface area contributed by atoms with E-state index in [1.807, 2.05) is 6.07 Å². The highest BCUT2D eigenvalue weighted by Gasteiger charge is 2.14. The summed E-state index contributed by atoms with van der Waals surface area (Å²) in [5.74, 6) is 0.0115. The Kier molecular flexibility index (Phi) is 3.00. The van der Waals surface area contributed by atoms with E-state index in [0.29, 0.717) is 22.2 Å². The maximum absolute atomic E-state index is 12.1. The number of fused-ring (bicyclic) bond motifs is 1. The summed E-state index contributed by atoms with van der Waals surface area (Å²) in [6, 6.07) is 7.09. The number of hydrogen-bond donors (Lipinski definition) is 1. The Morgan fingerprint density at radius 2 is 2.16 bits per heavy atom. The molecule has 0 saturated heterocycles. The third kappa shape index (κ3) is 2.34. The fraction of sp³-hybridized carbons (Fsp3) is 0.